The standard InChI is InChI=1S/C11H22N2O2/c1-4-6-7-12-10(14)8-11(15)13-9(3)5-2/h9H,4-8H2,1-3H3,(H,12,14)(H,13,15). The van der Waals surface area contributed by atoms with Crippen LogP contribution in [0.15, 0.2) is 0 Å². The Bertz CT molecular complexity index is 205. The van der Waals surface area contributed by atoms with E-state index in [1.165, 1.54) is 0 Å². The summed E-state index contributed by atoms with van der Waals surface area (Å²) in [7, 11) is 0. The first-order chi connectivity index (χ1) is 7.10. The van der Waals surface area contributed by atoms with Crippen molar-refractivity contribution in [2.45, 2.75) is 52.5 Å². The summed E-state index contributed by atoms with van der Waals surface area (Å²) in [6.07, 6.45) is 2.81. The summed E-state index contributed by atoms with van der Waals surface area (Å²) < 4.78 is 0. The van der Waals surface area contributed by atoms with Crippen molar-refractivity contribution in [3.05, 3.63) is 0 Å². The molecule has 0 bridgehead atoms. The van der Waals surface area contributed by atoms with Crippen LogP contribution in [0.1, 0.15) is 46.5 Å². The molecule has 2 N–H and O–H groups in total. The number of amides is 2. The Balaban J connectivity index is 3.62. The van der Waals surface area contributed by atoms with E-state index in [2.05, 4.69) is 17.6 Å². The molecule has 0 fully saturated rings. The van der Waals surface area contributed by atoms with Crippen molar-refractivity contribution >= 4 is 11.8 Å². The van der Waals surface area contributed by atoms with Crippen molar-refractivity contribution in [2.24, 2.45) is 0 Å². The Labute approximate surface area is 91.8 Å². The Hall–Kier alpha value is -1.06. The Morgan fingerprint density at radius 2 is 1.87 bits per heavy atom. The zero-order valence-electron chi connectivity index (χ0n) is 9.93. The normalized spacial score (nSPS) is 11.9. The van der Waals surface area contributed by atoms with E-state index in [4.69, 9.17) is 0 Å². The van der Waals surface area contributed by atoms with Gasteiger partial charge in [-0.15, -0.1) is 0 Å². The van der Waals surface area contributed by atoms with Crippen LogP contribution in [0.25, 0.3) is 0 Å². The summed E-state index contributed by atoms with van der Waals surface area (Å²) in [5, 5.41) is 5.46. The maximum absolute atomic E-state index is 11.3. The predicted molar refractivity (Wildman–Crippen MR) is 60.4 cm³/mol. The van der Waals surface area contributed by atoms with Crippen molar-refractivity contribution in [1.82, 2.24) is 10.6 Å². The second-order valence-electron chi connectivity index (χ2n) is 3.76. The van der Waals surface area contributed by atoms with Crippen LogP contribution in [0.2, 0.25) is 0 Å². The highest BCUT2D eigenvalue weighted by Gasteiger charge is 2.10. The second kappa shape index (κ2) is 8.26. The molecule has 0 aromatic carbocycles. The number of hydrogen-bond acceptors (Lipinski definition) is 2. The lowest BCUT2D eigenvalue weighted by Gasteiger charge is -2.11. The number of unbranched alkanes of at least 4 members (excludes halogenated alkanes) is 1. The van der Waals surface area contributed by atoms with Gasteiger partial charge in [0.1, 0.15) is 6.42 Å². The van der Waals surface area contributed by atoms with Crippen LogP contribution in [-0.4, -0.2) is 24.4 Å². The lowest BCUT2D eigenvalue weighted by atomic mass is 10.2. The molecular formula is C11H22N2O2. The Kier molecular flexibility index (Phi) is 7.68. The maximum Gasteiger partial charge on any atom is 0.229 e. The average molecular weight is 214 g/mol. The average Bonchev–Trinajstić information content (AvgIpc) is 2.17. The van der Waals surface area contributed by atoms with Crippen molar-refractivity contribution in [1.29, 1.82) is 0 Å². The third kappa shape index (κ3) is 7.97. The van der Waals surface area contributed by atoms with Gasteiger partial charge in [0, 0.05) is 12.6 Å². The quantitative estimate of drug-likeness (QED) is 0.494. The smallest absolute Gasteiger partial charge is 0.229 e. The minimum absolute atomic E-state index is 0.0615. The van der Waals surface area contributed by atoms with Gasteiger partial charge in [0.05, 0.1) is 0 Å². The maximum atomic E-state index is 11.3. The summed E-state index contributed by atoms with van der Waals surface area (Å²) in [5.41, 5.74) is 0. The van der Waals surface area contributed by atoms with E-state index in [0.717, 1.165) is 19.3 Å². The van der Waals surface area contributed by atoms with E-state index in [0.29, 0.717) is 6.54 Å². The van der Waals surface area contributed by atoms with E-state index in [9.17, 15) is 9.59 Å². The molecule has 2 amide bonds. The van der Waals surface area contributed by atoms with E-state index in [1.54, 1.807) is 0 Å². The minimum Gasteiger partial charge on any atom is -0.356 e. The molecule has 0 aliphatic rings. The molecule has 0 heterocycles. The molecule has 0 aliphatic heterocycles. The van der Waals surface area contributed by atoms with Crippen molar-refractivity contribution in [2.75, 3.05) is 6.54 Å². The minimum atomic E-state index is -0.196. The highest BCUT2D eigenvalue weighted by atomic mass is 16.2. The fourth-order valence-electron chi connectivity index (χ4n) is 1.04. The van der Waals surface area contributed by atoms with Gasteiger partial charge in [-0.2, -0.15) is 0 Å². The summed E-state index contributed by atoms with van der Waals surface area (Å²) in [6, 6.07) is 0.140. The van der Waals surface area contributed by atoms with Crippen LogP contribution in [0.3, 0.4) is 0 Å². The molecule has 0 aromatic heterocycles. The largest absolute Gasteiger partial charge is 0.356 e. The van der Waals surface area contributed by atoms with Gasteiger partial charge >= 0.3 is 0 Å². The molecular weight excluding hydrogens is 192 g/mol. The first kappa shape index (κ1) is 13.9. The van der Waals surface area contributed by atoms with Gasteiger partial charge in [-0.1, -0.05) is 20.3 Å². The van der Waals surface area contributed by atoms with Crippen molar-refractivity contribution in [3.8, 4) is 0 Å². The molecule has 0 spiro atoms. The molecule has 1 atom stereocenters. The summed E-state index contributed by atoms with van der Waals surface area (Å²) >= 11 is 0. The third-order valence-corrected chi connectivity index (χ3v) is 2.19. The van der Waals surface area contributed by atoms with E-state index in [1.807, 2.05) is 13.8 Å². The number of nitrogens with one attached hydrogen (secondary N) is 2. The third-order valence-electron chi connectivity index (χ3n) is 2.19. The Morgan fingerprint density at radius 1 is 1.20 bits per heavy atom. The first-order valence-corrected chi connectivity index (χ1v) is 5.66. The fourth-order valence-corrected chi connectivity index (χ4v) is 1.04. The molecule has 0 rings (SSSR count). The van der Waals surface area contributed by atoms with E-state index in [-0.39, 0.29) is 24.3 Å². The van der Waals surface area contributed by atoms with Gasteiger partial charge in [-0.25, -0.2) is 0 Å². The number of carbonyl (C=O) groups is 2. The van der Waals surface area contributed by atoms with E-state index >= 15 is 0 Å². The van der Waals surface area contributed by atoms with Crippen LogP contribution in [0.5, 0.6) is 0 Å². The topological polar surface area (TPSA) is 58.2 Å². The zero-order valence-corrected chi connectivity index (χ0v) is 9.93. The molecule has 0 aromatic rings. The number of hydrogen-bond donors (Lipinski definition) is 2. The zero-order chi connectivity index (χ0) is 11.7. The van der Waals surface area contributed by atoms with Gasteiger partial charge < -0.3 is 10.6 Å². The molecule has 0 radical (unpaired) electrons. The van der Waals surface area contributed by atoms with Crippen molar-refractivity contribution in [3.63, 3.8) is 0 Å². The first-order valence-electron chi connectivity index (χ1n) is 5.66. The molecule has 0 saturated carbocycles. The van der Waals surface area contributed by atoms with Crippen LogP contribution >= 0.6 is 0 Å². The predicted octanol–water partition coefficient (Wildman–Crippen LogP) is 1.21. The second-order valence-corrected chi connectivity index (χ2v) is 3.76. The molecule has 1 unspecified atom stereocenters. The van der Waals surface area contributed by atoms with Crippen LogP contribution in [0, 0.1) is 0 Å². The molecule has 0 aliphatic carbocycles. The monoisotopic (exact) mass is 214 g/mol. The highest BCUT2D eigenvalue weighted by molar-refractivity contribution is 5.96. The fraction of sp³-hybridized carbons (Fsp3) is 0.818. The van der Waals surface area contributed by atoms with Gasteiger partial charge in [-0.05, 0) is 19.8 Å². The van der Waals surface area contributed by atoms with Gasteiger partial charge in [0.15, 0.2) is 0 Å². The summed E-state index contributed by atoms with van der Waals surface area (Å²) in [6.45, 7) is 6.63. The summed E-state index contributed by atoms with van der Waals surface area (Å²) in [5.74, 6) is -0.386. The van der Waals surface area contributed by atoms with Gasteiger partial charge in [0.25, 0.3) is 0 Å². The number of rotatable bonds is 7. The SMILES string of the molecule is CCCCNC(=O)CC(=O)NC(C)CC. The van der Waals surface area contributed by atoms with Crippen LogP contribution in [0.4, 0.5) is 0 Å². The van der Waals surface area contributed by atoms with Crippen molar-refractivity contribution < 1.29 is 9.59 Å². The van der Waals surface area contributed by atoms with E-state index < -0.39 is 0 Å². The molecule has 4 nitrogen and oxygen atoms in total. The molecule has 0 saturated heterocycles. The van der Waals surface area contributed by atoms with Crippen LogP contribution < -0.4 is 10.6 Å². The van der Waals surface area contributed by atoms with Gasteiger partial charge in [0.2, 0.25) is 11.8 Å². The lowest BCUT2D eigenvalue weighted by molar-refractivity contribution is -0.129. The molecule has 4 heteroatoms. The van der Waals surface area contributed by atoms with Gasteiger partial charge in [-0.3, -0.25) is 9.59 Å². The molecule has 15 heavy (non-hydrogen) atoms. The molecule has 88 valence electrons. The number of carbonyl (C=O) groups excluding carboxylic acids is 2. The lowest BCUT2D eigenvalue weighted by Crippen LogP contribution is -2.36. The Morgan fingerprint density at radius 3 is 2.40 bits per heavy atom. The highest BCUT2D eigenvalue weighted by Crippen LogP contribution is 1.90. The summed E-state index contributed by atoms with van der Waals surface area (Å²) in [4.78, 5) is 22.5. The van der Waals surface area contributed by atoms with Crippen LogP contribution in [-0.2, 0) is 9.59 Å².